The number of nitrogens with zero attached hydrogens (tertiary/aromatic N) is 1. The van der Waals surface area contributed by atoms with E-state index in [4.69, 9.17) is 0 Å². The first-order valence-corrected chi connectivity index (χ1v) is 6.58. The number of carbonyl (C=O) groups excluding carboxylic acids is 1. The molecule has 1 saturated heterocycles. The summed E-state index contributed by atoms with van der Waals surface area (Å²) in [5.41, 5.74) is 0. The number of hydrogen-bond acceptors (Lipinski definition) is 3. The largest absolute Gasteiger partial charge is 0.354 e. The molecule has 2 N–H and O–H groups in total. The Kier molecular flexibility index (Phi) is 5.40. The SMILES string of the molecule is CC(C)C(CNC(=O)C(C)C1CNC1)N(C)C. The van der Waals surface area contributed by atoms with Gasteiger partial charge in [-0.25, -0.2) is 0 Å². The van der Waals surface area contributed by atoms with Crippen LogP contribution in [0, 0.1) is 17.8 Å². The summed E-state index contributed by atoms with van der Waals surface area (Å²) >= 11 is 0. The first-order chi connectivity index (χ1) is 7.93. The lowest BCUT2D eigenvalue weighted by Crippen LogP contribution is -2.51. The fraction of sp³-hybridized carbons (Fsp3) is 0.923. The van der Waals surface area contributed by atoms with Crippen LogP contribution in [0.5, 0.6) is 0 Å². The van der Waals surface area contributed by atoms with Crippen LogP contribution in [-0.4, -0.2) is 50.6 Å². The van der Waals surface area contributed by atoms with Crippen molar-refractivity contribution in [2.45, 2.75) is 26.8 Å². The molecule has 0 saturated carbocycles. The molecular formula is C13H27N3O. The van der Waals surface area contributed by atoms with Crippen LogP contribution in [-0.2, 0) is 4.79 Å². The zero-order valence-corrected chi connectivity index (χ0v) is 11.8. The van der Waals surface area contributed by atoms with Crippen LogP contribution in [0.25, 0.3) is 0 Å². The third kappa shape index (κ3) is 3.96. The van der Waals surface area contributed by atoms with E-state index in [0.29, 0.717) is 17.9 Å². The van der Waals surface area contributed by atoms with E-state index in [-0.39, 0.29) is 11.8 Å². The molecule has 1 heterocycles. The number of rotatable bonds is 6. The first-order valence-electron chi connectivity index (χ1n) is 6.58. The summed E-state index contributed by atoms with van der Waals surface area (Å²) < 4.78 is 0. The van der Waals surface area contributed by atoms with Gasteiger partial charge in [0.1, 0.15) is 0 Å². The highest BCUT2D eigenvalue weighted by molar-refractivity contribution is 5.78. The second kappa shape index (κ2) is 6.36. The molecule has 100 valence electrons. The van der Waals surface area contributed by atoms with Crippen LogP contribution in [0.1, 0.15) is 20.8 Å². The van der Waals surface area contributed by atoms with E-state index in [1.54, 1.807) is 0 Å². The van der Waals surface area contributed by atoms with Gasteiger partial charge in [0.25, 0.3) is 0 Å². The summed E-state index contributed by atoms with van der Waals surface area (Å²) in [5, 5.41) is 6.30. The molecule has 0 aliphatic carbocycles. The molecule has 17 heavy (non-hydrogen) atoms. The smallest absolute Gasteiger partial charge is 0.223 e. The molecule has 1 fully saturated rings. The Labute approximate surface area is 105 Å². The Morgan fingerprint density at radius 2 is 1.94 bits per heavy atom. The monoisotopic (exact) mass is 241 g/mol. The minimum atomic E-state index is 0.131. The molecule has 4 nitrogen and oxygen atoms in total. The lowest BCUT2D eigenvalue weighted by atomic mass is 9.88. The van der Waals surface area contributed by atoms with Gasteiger partial charge in [-0.1, -0.05) is 20.8 Å². The topological polar surface area (TPSA) is 44.4 Å². The van der Waals surface area contributed by atoms with E-state index in [2.05, 4.69) is 43.5 Å². The van der Waals surface area contributed by atoms with Crippen molar-refractivity contribution in [3.63, 3.8) is 0 Å². The van der Waals surface area contributed by atoms with E-state index >= 15 is 0 Å². The number of carbonyl (C=O) groups is 1. The van der Waals surface area contributed by atoms with Gasteiger partial charge in [-0.3, -0.25) is 4.79 Å². The van der Waals surface area contributed by atoms with Crippen molar-refractivity contribution in [2.75, 3.05) is 33.7 Å². The van der Waals surface area contributed by atoms with E-state index in [9.17, 15) is 4.79 Å². The molecule has 4 heteroatoms. The average molecular weight is 241 g/mol. The molecule has 0 aromatic carbocycles. The summed E-state index contributed by atoms with van der Waals surface area (Å²) in [5.74, 6) is 1.40. The lowest BCUT2D eigenvalue weighted by Gasteiger charge is -2.33. The van der Waals surface area contributed by atoms with Crippen molar-refractivity contribution < 1.29 is 4.79 Å². The Hall–Kier alpha value is -0.610. The van der Waals surface area contributed by atoms with Crippen molar-refractivity contribution in [1.82, 2.24) is 15.5 Å². The van der Waals surface area contributed by atoms with Crippen molar-refractivity contribution >= 4 is 5.91 Å². The Morgan fingerprint density at radius 3 is 2.29 bits per heavy atom. The number of likely N-dealkylation sites (N-methyl/N-ethyl adjacent to an activating group) is 1. The summed E-state index contributed by atoms with van der Waals surface area (Å²) in [6.07, 6.45) is 0. The Morgan fingerprint density at radius 1 is 1.35 bits per heavy atom. The maximum Gasteiger partial charge on any atom is 0.223 e. The van der Waals surface area contributed by atoms with Gasteiger partial charge in [0.15, 0.2) is 0 Å². The highest BCUT2D eigenvalue weighted by Crippen LogP contribution is 2.16. The second-order valence-electron chi connectivity index (χ2n) is 5.73. The minimum absolute atomic E-state index is 0.131. The minimum Gasteiger partial charge on any atom is -0.354 e. The van der Waals surface area contributed by atoms with Crippen molar-refractivity contribution in [3.05, 3.63) is 0 Å². The third-order valence-electron chi connectivity index (χ3n) is 3.85. The molecule has 1 aliphatic heterocycles. The zero-order chi connectivity index (χ0) is 13.0. The Balaban J connectivity index is 2.35. The first kappa shape index (κ1) is 14.5. The van der Waals surface area contributed by atoms with Crippen LogP contribution in [0.4, 0.5) is 0 Å². The molecule has 2 atom stereocenters. The van der Waals surface area contributed by atoms with Gasteiger partial charge in [-0.15, -0.1) is 0 Å². The van der Waals surface area contributed by atoms with Gasteiger partial charge in [0.05, 0.1) is 0 Å². The van der Waals surface area contributed by atoms with E-state index in [0.717, 1.165) is 19.6 Å². The van der Waals surface area contributed by atoms with E-state index in [1.165, 1.54) is 0 Å². The normalized spacial score (nSPS) is 20.2. The number of nitrogens with one attached hydrogen (secondary N) is 2. The van der Waals surface area contributed by atoms with Gasteiger partial charge in [-0.05, 0) is 39.0 Å². The summed E-state index contributed by atoms with van der Waals surface area (Å²) in [7, 11) is 4.13. The van der Waals surface area contributed by atoms with Gasteiger partial charge < -0.3 is 15.5 Å². The zero-order valence-electron chi connectivity index (χ0n) is 11.8. The quantitative estimate of drug-likeness (QED) is 0.713. The molecule has 1 amide bonds. The van der Waals surface area contributed by atoms with Gasteiger partial charge in [0.2, 0.25) is 5.91 Å². The van der Waals surface area contributed by atoms with Crippen LogP contribution < -0.4 is 10.6 Å². The number of hydrogen-bond donors (Lipinski definition) is 2. The summed E-state index contributed by atoms with van der Waals surface area (Å²) in [6.45, 7) is 9.12. The molecule has 0 bridgehead atoms. The molecule has 2 unspecified atom stereocenters. The van der Waals surface area contributed by atoms with Crippen LogP contribution >= 0.6 is 0 Å². The second-order valence-corrected chi connectivity index (χ2v) is 5.73. The summed E-state index contributed by atoms with van der Waals surface area (Å²) in [6, 6.07) is 0.408. The standard InChI is InChI=1S/C13H27N3O/c1-9(2)12(16(4)5)8-15-13(17)10(3)11-6-14-7-11/h9-12,14H,6-8H2,1-5H3,(H,15,17). The van der Waals surface area contributed by atoms with Gasteiger partial charge >= 0.3 is 0 Å². The van der Waals surface area contributed by atoms with Gasteiger partial charge in [0, 0.05) is 18.5 Å². The highest BCUT2D eigenvalue weighted by atomic mass is 16.1. The van der Waals surface area contributed by atoms with E-state index < -0.39 is 0 Å². The van der Waals surface area contributed by atoms with Gasteiger partial charge in [-0.2, -0.15) is 0 Å². The van der Waals surface area contributed by atoms with E-state index in [1.807, 2.05) is 6.92 Å². The molecule has 1 aliphatic rings. The van der Waals surface area contributed by atoms with Crippen molar-refractivity contribution in [2.24, 2.45) is 17.8 Å². The molecule has 0 aromatic heterocycles. The summed E-state index contributed by atoms with van der Waals surface area (Å²) in [4.78, 5) is 14.2. The molecular weight excluding hydrogens is 214 g/mol. The maximum atomic E-state index is 12.0. The average Bonchev–Trinajstić information content (AvgIpc) is 2.13. The fourth-order valence-electron chi connectivity index (χ4n) is 2.26. The van der Waals surface area contributed by atoms with Crippen molar-refractivity contribution in [1.29, 1.82) is 0 Å². The number of amides is 1. The van der Waals surface area contributed by atoms with Crippen molar-refractivity contribution in [3.8, 4) is 0 Å². The van der Waals surface area contributed by atoms with Crippen LogP contribution in [0.15, 0.2) is 0 Å². The Bertz CT molecular complexity index is 241. The molecule has 0 aromatic rings. The predicted octanol–water partition coefficient (Wildman–Crippen LogP) is 0.544. The maximum absolute atomic E-state index is 12.0. The third-order valence-corrected chi connectivity index (χ3v) is 3.85. The molecule has 0 radical (unpaired) electrons. The highest BCUT2D eigenvalue weighted by Gasteiger charge is 2.29. The van der Waals surface area contributed by atoms with Crippen LogP contribution in [0.2, 0.25) is 0 Å². The predicted molar refractivity (Wildman–Crippen MR) is 70.8 cm³/mol. The van der Waals surface area contributed by atoms with Crippen LogP contribution in [0.3, 0.4) is 0 Å². The lowest BCUT2D eigenvalue weighted by molar-refractivity contribution is -0.127. The molecule has 1 rings (SSSR count). The molecule has 0 spiro atoms. The fourth-order valence-corrected chi connectivity index (χ4v) is 2.26.